The van der Waals surface area contributed by atoms with E-state index < -0.39 is 0 Å². The Morgan fingerprint density at radius 1 is 1.14 bits per heavy atom. The minimum Gasteiger partial charge on any atom is -0.353 e. The molecule has 0 saturated carbocycles. The lowest BCUT2D eigenvalue weighted by Gasteiger charge is -2.34. The number of carbonyl (C=O) groups is 1. The van der Waals surface area contributed by atoms with Gasteiger partial charge in [-0.05, 0) is 31.3 Å². The first-order valence-electron chi connectivity index (χ1n) is 7.34. The number of hydrogen-bond donors (Lipinski definition) is 1. The molecule has 114 valence electrons. The summed E-state index contributed by atoms with van der Waals surface area (Å²) in [6.07, 6.45) is 5.04. The summed E-state index contributed by atoms with van der Waals surface area (Å²) in [5, 5.41) is 2.87. The first kappa shape index (κ1) is 14.5. The zero-order chi connectivity index (χ0) is 15.4. The van der Waals surface area contributed by atoms with Crippen LogP contribution in [0.15, 0.2) is 42.9 Å². The molecular weight excluding hydrogens is 278 g/mol. The Labute approximate surface area is 129 Å². The Bertz CT molecular complexity index is 638. The highest BCUT2D eigenvalue weighted by atomic mass is 16.1. The first-order valence-corrected chi connectivity index (χ1v) is 7.34. The number of piperazine rings is 1. The van der Waals surface area contributed by atoms with Gasteiger partial charge in [-0.1, -0.05) is 0 Å². The number of amides is 1. The summed E-state index contributed by atoms with van der Waals surface area (Å²) < 4.78 is 0. The van der Waals surface area contributed by atoms with Gasteiger partial charge in [0.15, 0.2) is 0 Å². The molecule has 6 nitrogen and oxygen atoms in total. The van der Waals surface area contributed by atoms with Crippen LogP contribution in [0.25, 0.3) is 0 Å². The lowest BCUT2D eigenvalue weighted by Crippen LogP contribution is -2.45. The second-order valence-corrected chi connectivity index (χ2v) is 5.36. The third-order valence-corrected chi connectivity index (χ3v) is 3.75. The van der Waals surface area contributed by atoms with Crippen molar-refractivity contribution < 1.29 is 4.79 Å². The van der Waals surface area contributed by atoms with Crippen molar-refractivity contribution in [3.63, 3.8) is 0 Å². The lowest BCUT2D eigenvalue weighted by atomic mass is 10.2. The SMILES string of the molecule is CN1CCN(c2ncccc2C(=O)Nc2cccnc2)CC1. The maximum atomic E-state index is 12.5. The van der Waals surface area contributed by atoms with Crippen LogP contribution in [-0.2, 0) is 0 Å². The highest BCUT2D eigenvalue weighted by molar-refractivity contribution is 6.07. The molecule has 1 amide bonds. The van der Waals surface area contributed by atoms with E-state index in [-0.39, 0.29) is 5.91 Å². The van der Waals surface area contributed by atoms with E-state index in [1.165, 1.54) is 0 Å². The number of anilines is 2. The largest absolute Gasteiger partial charge is 0.353 e. The monoisotopic (exact) mass is 297 g/mol. The molecule has 1 N–H and O–H groups in total. The third-order valence-electron chi connectivity index (χ3n) is 3.75. The zero-order valence-corrected chi connectivity index (χ0v) is 12.6. The minimum absolute atomic E-state index is 0.157. The minimum atomic E-state index is -0.157. The average molecular weight is 297 g/mol. The predicted molar refractivity (Wildman–Crippen MR) is 86.1 cm³/mol. The lowest BCUT2D eigenvalue weighted by molar-refractivity contribution is 0.102. The smallest absolute Gasteiger partial charge is 0.259 e. The Morgan fingerprint density at radius 3 is 2.64 bits per heavy atom. The molecule has 0 atom stereocenters. The summed E-state index contributed by atoms with van der Waals surface area (Å²) in [5.41, 5.74) is 1.27. The van der Waals surface area contributed by atoms with Crippen LogP contribution in [-0.4, -0.2) is 54.0 Å². The van der Waals surface area contributed by atoms with Crippen molar-refractivity contribution >= 4 is 17.4 Å². The van der Waals surface area contributed by atoms with Gasteiger partial charge in [0.2, 0.25) is 0 Å². The van der Waals surface area contributed by atoms with Crippen molar-refractivity contribution in [2.75, 3.05) is 43.4 Å². The zero-order valence-electron chi connectivity index (χ0n) is 12.6. The van der Waals surface area contributed by atoms with E-state index in [0.717, 1.165) is 32.0 Å². The van der Waals surface area contributed by atoms with E-state index in [0.29, 0.717) is 11.3 Å². The van der Waals surface area contributed by atoms with E-state index in [1.54, 1.807) is 30.7 Å². The quantitative estimate of drug-likeness (QED) is 0.930. The van der Waals surface area contributed by atoms with Gasteiger partial charge in [-0.15, -0.1) is 0 Å². The molecule has 1 saturated heterocycles. The van der Waals surface area contributed by atoms with Gasteiger partial charge in [-0.2, -0.15) is 0 Å². The summed E-state index contributed by atoms with van der Waals surface area (Å²) in [7, 11) is 2.10. The van der Waals surface area contributed by atoms with Crippen LogP contribution in [0, 0.1) is 0 Å². The maximum absolute atomic E-state index is 12.5. The molecule has 6 heteroatoms. The van der Waals surface area contributed by atoms with Gasteiger partial charge in [0.25, 0.3) is 5.91 Å². The van der Waals surface area contributed by atoms with E-state index in [1.807, 2.05) is 12.1 Å². The van der Waals surface area contributed by atoms with Gasteiger partial charge < -0.3 is 15.1 Å². The second-order valence-electron chi connectivity index (χ2n) is 5.36. The number of pyridine rings is 2. The molecule has 1 fully saturated rings. The molecule has 0 aliphatic carbocycles. The normalized spacial score (nSPS) is 15.6. The van der Waals surface area contributed by atoms with Crippen molar-refractivity contribution in [1.82, 2.24) is 14.9 Å². The molecule has 0 unspecified atom stereocenters. The molecule has 1 aliphatic heterocycles. The fourth-order valence-corrected chi connectivity index (χ4v) is 2.48. The number of rotatable bonds is 3. The molecule has 0 spiro atoms. The van der Waals surface area contributed by atoms with Gasteiger partial charge in [0.1, 0.15) is 5.82 Å². The van der Waals surface area contributed by atoms with Crippen LogP contribution in [0.2, 0.25) is 0 Å². The summed E-state index contributed by atoms with van der Waals surface area (Å²) in [6.45, 7) is 3.70. The van der Waals surface area contributed by atoms with Crippen LogP contribution in [0.5, 0.6) is 0 Å². The fraction of sp³-hybridized carbons (Fsp3) is 0.312. The molecule has 2 aromatic rings. The molecule has 0 radical (unpaired) electrons. The number of nitrogens with zero attached hydrogens (tertiary/aromatic N) is 4. The highest BCUT2D eigenvalue weighted by Crippen LogP contribution is 2.20. The van der Waals surface area contributed by atoms with Gasteiger partial charge in [0.05, 0.1) is 17.4 Å². The van der Waals surface area contributed by atoms with E-state index in [9.17, 15) is 4.79 Å². The van der Waals surface area contributed by atoms with Gasteiger partial charge in [-0.3, -0.25) is 9.78 Å². The standard InChI is InChI=1S/C16H19N5O/c1-20-8-10-21(11-9-20)15-14(5-3-7-18-15)16(22)19-13-4-2-6-17-12-13/h2-7,12H,8-11H2,1H3,(H,19,22). The van der Waals surface area contributed by atoms with Gasteiger partial charge in [-0.25, -0.2) is 4.98 Å². The molecular formula is C16H19N5O. The number of nitrogens with one attached hydrogen (secondary N) is 1. The van der Waals surface area contributed by atoms with Crippen LogP contribution in [0.3, 0.4) is 0 Å². The van der Waals surface area contributed by atoms with E-state index >= 15 is 0 Å². The summed E-state index contributed by atoms with van der Waals surface area (Å²) in [6, 6.07) is 7.21. The summed E-state index contributed by atoms with van der Waals surface area (Å²) in [4.78, 5) is 25.4. The van der Waals surface area contributed by atoms with E-state index in [4.69, 9.17) is 0 Å². The fourth-order valence-electron chi connectivity index (χ4n) is 2.48. The van der Waals surface area contributed by atoms with Gasteiger partial charge >= 0.3 is 0 Å². The summed E-state index contributed by atoms with van der Waals surface area (Å²) >= 11 is 0. The molecule has 1 aliphatic rings. The molecule has 0 bridgehead atoms. The first-order chi connectivity index (χ1) is 10.7. The molecule has 0 aromatic carbocycles. The Balaban J connectivity index is 1.80. The Hall–Kier alpha value is -2.47. The second kappa shape index (κ2) is 6.53. The molecule has 3 heterocycles. The van der Waals surface area contributed by atoms with Crippen LogP contribution in [0.4, 0.5) is 11.5 Å². The Kier molecular flexibility index (Phi) is 4.29. The van der Waals surface area contributed by atoms with E-state index in [2.05, 4.69) is 32.1 Å². The topological polar surface area (TPSA) is 61.4 Å². The van der Waals surface area contributed by atoms with Crippen molar-refractivity contribution in [2.24, 2.45) is 0 Å². The van der Waals surface area contributed by atoms with Crippen LogP contribution in [0.1, 0.15) is 10.4 Å². The molecule has 3 rings (SSSR count). The van der Waals surface area contributed by atoms with Crippen molar-refractivity contribution in [3.8, 4) is 0 Å². The van der Waals surface area contributed by atoms with Crippen LogP contribution >= 0.6 is 0 Å². The van der Waals surface area contributed by atoms with Crippen LogP contribution < -0.4 is 10.2 Å². The third kappa shape index (κ3) is 3.23. The number of likely N-dealkylation sites (N-methyl/N-ethyl adjacent to an activating group) is 1. The summed E-state index contributed by atoms with van der Waals surface area (Å²) in [5.74, 6) is 0.590. The predicted octanol–water partition coefficient (Wildman–Crippen LogP) is 1.48. The maximum Gasteiger partial charge on any atom is 0.259 e. The highest BCUT2D eigenvalue weighted by Gasteiger charge is 2.21. The Morgan fingerprint density at radius 2 is 1.91 bits per heavy atom. The number of hydrogen-bond acceptors (Lipinski definition) is 5. The number of carbonyl (C=O) groups excluding carboxylic acids is 1. The molecule has 22 heavy (non-hydrogen) atoms. The van der Waals surface area contributed by atoms with Crippen molar-refractivity contribution in [1.29, 1.82) is 0 Å². The number of aromatic nitrogens is 2. The molecule has 2 aromatic heterocycles. The van der Waals surface area contributed by atoms with Crippen molar-refractivity contribution in [3.05, 3.63) is 48.4 Å². The van der Waals surface area contributed by atoms with Crippen molar-refractivity contribution in [2.45, 2.75) is 0 Å². The van der Waals surface area contributed by atoms with Gasteiger partial charge in [0, 0.05) is 38.6 Å². The average Bonchev–Trinajstić information content (AvgIpc) is 2.56.